The molecule has 2 N–H and O–H groups in total. The molecule has 37 heavy (non-hydrogen) atoms. The molecule has 196 valence electrons. The van der Waals surface area contributed by atoms with E-state index < -0.39 is 17.7 Å². The second-order valence-corrected chi connectivity index (χ2v) is 9.70. The number of benzene rings is 2. The van der Waals surface area contributed by atoms with Crippen molar-refractivity contribution in [3.63, 3.8) is 0 Å². The van der Waals surface area contributed by atoms with E-state index in [4.69, 9.17) is 9.47 Å². The highest BCUT2D eigenvalue weighted by atomic mass is 19.1. The number of fused-ring (bicyclic) bond motifs is 1. The molecule has 0 unspecified atom stereocenters. The van der Waals surface area contributed by atoms with Crippen LogP contribution in [0.3, 0.4) is 0 Å². The fraction of sp³-hybridized carbons (Fsp3) is 0.370. The Morgan fingerprint density at radius 3 is 2.73 bits per heavy atom. The van der Waals surface area contributed by atoms with E-state index in [-0.39, 0.29) is 18.3 Å². The summed E-state index contributed by atoms with van der Waals surface area (Å²) in [6.07, 6.45) is 4.89. The number of carbonyl (C=O) groups is 2. The largest absolute Gasteiger partial charge is 0.494 e. The molecule has 2 amide bonds. The number of rotatable bonds is 8. The predicted octanol–water partition coefficient (Wildman–Crippen LogP) is 3.52. The Balaban J connectivity index is 1.37. The zero-order valence-electron chi connectivity index (χ0n) is 21.1. The van der Waals surface area contributed by atoms with Gasteiger partial charge in [-0.2, -0.15) is 9.78 Å². The average molecular weight is 511 g/mol. The van der Waals surface area contributed by atoms with E-state index >= 15 is 0 Å². The van der Waals surface area contributed by atoms with Crippen LogP contribution in [0.5, 0.6) is 11.5 Å². The molecule has 0 bridgehead atoms. The van der Waals surface area contributed by atoms with Crippen molar-refractivity contribution in [3.05, 3.63) is 71.8 Å². The Bertz CT molecular complexity index is 1250. The van der Waals surface area contributed by atoms with Gasteiger partial charge in [0.25, 0.3) is 5.91 Å². The van der Waals surface area contributed by atoms with Crippen molar-refractivity contribution in [1.82, 2.24) is 15.1 Å². The van der Waals surface area contributed by atoms with Crippen molar-refractivity contribution < 1.29 is 28.6 Å². The number of amides is 2. The summed E-state index contributed by atoms with van der Waals surface area (Å²) in [6, 6.07) is 9.82. The number of aliphatic hydroxyl groups is 1. The summed E-state index contributed by atoms with van der Waals surface area (Å²) < 4.78 is 25.9. The van der Waals surface area contributed by atoms with Gasteiger partial charge in [-0.05, 0) is 62.1 Å². The normalized spacial score (nSPS) is 15.5. The molecule has 0 fully saturated rings. The van der Waals surface area contributed by atoms with Crippen LogP contribution in [0.2, 0.25) is 0 Å². The van der Waals surface area contributed by atoms with Crippen molar-refractivity contribution >= 4 is 17.6 Å². The maximum atomic E-state index is 13.1. The van der Waals surface area contributed by atoms with E-state index in [1.54, 1.807) is 63.6 Å². The molecule has 2 heterocycles. The standard InChI is InChI=1S/C27H31FN4O5/c1-27(2,35)11-4-12-36-21-9-10-24-23(14-21)31(3)25(33)22(17-37-24)30-26(34)32-16-19(15-29-32)13-18-5-7-20(28)8-6-18/h5-10,14-16,22,35H,4,11-13,17H2,1-3H3,(H,30,34)/t22-/m0/s1. The van der Waals surface area contributed by atoms with Crippen molar-refractivity contribution in [2.75, 3.05) is 25.2 Å². The highest BCUT2D eigenvalue weighted by Crippen LogP contribution is 2.34. The van der Waals surface area contributed by atoms with E-state index in [1.165, 1.54) is 17.0 Å². The molecule has 10 heteroatoms. The van der Waals surface area contributed by atoms with Gasteiger partial charge < -0.3 is 24.8 Å². The topological polar surface area (TPSA) is 106 Å². The Morgan fingerprint density at radius 1 is 1.24 bits per heavy atom. The smallest absolute Gasteiger partial charge is 0.342 e. The second kappa shape index (κ2) is 11.0. The van der Waals surface area contributed by atoms with Crippen molar-refractivity contribution in [3.8, 4) is 11.5 Å². The lowest BCUT2D eigenvalue weighted by atomic mass is 10.0. The van der Waals surface area contributed by atoms with Gasteiger partial charge in [0.1, 0.15) is 30.0 Å². The highest BCUT2D eigenvalue weighted by molar-refractivity contribution is 6.00. The number of hydrogen-bond donors (Lipinski definition) is 2. The van der Waals surface area contributed by atoms with E-state index in [0.717, 1.165) is 15.8 Å². The number of anilines is 1. The zero-order chi connectivity index (χ0) is 26.6. The molecule has 0 radical (unpaired) electrons. The second-order valence-electron chi connectivity index (χ2n) is 9.70. The van der Waals surface area contributed by atoms with Crippen LogP contribution < -0.4 is 19.7 Å². The first kappa shape index (κ1) is 26.2. The molecule has 3 aromatic rings. The van der Waals surface area contributed by atoms with Gasteiger partial charge in [0.05, 0.1) is 24.1 Å². The van der Waals surface area contributed by atoms with Gasteiger partial charge in [0, 0.05) is 25.7 Å². The lowest BCUT2D eigenvalue weighted by molar-refractivity contribution is -0.120. The molecular weight excluding hydrogens is 479 g/mol. The van der Waals surface area contributed by atoms with Gasteiger partial charge in [-0.1, -0.05) is 12.1 Å². The maximum Gasteiger partial charge on any atom is 0.342 e. The predicted molar refractivity (Wildman–Crippen MR) is 136 cm³/mol. The molecule has 2 aromatic carbocycles. The van der Waals surface area contributed by atoms with Crippen LogP contribution in [-0.2, 0) is 11.2 Å². The number of nitrogens with one attached hydrogen (secondary N) is 1. The van der Waals surface area contributed by atoms with Crippen LogP contribution in [0.25, 0.3) is 0 Å². The minimum atomic E-state index is -0.925. The lowest BCUT2D eigenvalue weighted by Crippen LogP contribution is -2.50. The molecule has 1 atom stereocenters. The number of nitrogens with zero attached hydrogens (tertiary/aromatic N) is 3. The highest BCUT2D eigenvalue weighted by Gasteiger charge is 2.31. The summed E-state index contributed by atoms with van der Waals surface area (Å²) >= 11 is 0. The Hall–Kier alpha value is -3.92. The fourth-order valence-electron chi connectivity index (χ4n) is 3.98. The van der Waals surface area contributed by atoms with E-state index in [2.05, 4.69) is 10.4 Å². The zero-order valence-corrected chi connectivity index (χ0v) is 21.1. The molecule has 0 aliphatic carbocycles. The minimum absolute atomic E-state index is 0.0442. The molecule has 0 saturated heterocycles. The number of aromatic nitrogens is 2. The third-order valence-corrected chi connectivity index (χ3v) is 5.99. The summed E-state index contributed by atoms with van der Waals surface area (Å²) in [7, 11) is 1.61. The quantitative estimate of drug-likeness (QED) is 0.449. The van der Waals surface area contributed by atoms with Crippen LogP contribution in [0.4, 0.5) is 14.9 Å². The number of carbonyl (C=O) groups excluding carboxylic acids is 2. The SMILES string of the molecule is CN1C(=O)[C@@H](NC(=O)n2cc(Cc3ccc(F)cc3)cn2)COc2ccc(OCCCC(C)(C)O)cc21. The van der Waals surface area contributed by atoms with Gasteiger partial charge in [-0.25, -0.2) is 9.18 Å². The third-order valence-electron chi connectivity index (χ3n) is 5.99. The van der Waals surface area contributed by atoms with Gasteiger partial charge in [-0.15, -0.1) is 0 Å². The van der Waals surface area contributed by atoms with Gasteiger partial charge >= 0.3 is 6.03 Å². The lowest BCUT2D eigenvalue weighted by Gasteiger charge is -2.21. The van der Waals surface area contributed by atoms with Crippen LogP contribution in [0.15, 0.2) is 54.9 Å². The summed E-state index contributed by atoms with van der Waals surface area (Å²) in [6.45, 7) is 3.88. The first-order valence-corrected chi connectivity index (χ1v) is 12.1. The molecule has 1 aliphatic rings. The number of halogens is 1. The molecule has 1 aliphatic heterocycles. The van der Waals surface area contributed by atoms with Crippen molar-refractivity contribution in [2.24, 2.45) is 0 Å². The van der Waals surface area contributed by atoms with Gasteiger partial charge in [0.15, 0.2) is 0 Å². The summed E-state index contributed by atoms with van der Waals surface area (Å²) in [5.74, 6) is 0.416. The molecule has 0 spiro atoms. The van der Waals surface area contributed by atoms with Crippen LogP contribution in [0.1, 0.15) is 37.8 Å². The van der Waals surface area contributed by atoms with Gasteiger partial charge in [0.2, 0.25) is 0 Å². The van der Waals surface area contributed by atoms with Gasteiger partial charge in [-0.3, -0.25) is 4.79 Å². The molecule has 0 saturated carbocycles. The van der Waals surface area contributed by atoms with Crippen LogP contribution in [-0.4, -0.2) is 58.7 Å². The van der Waals surface area contributed by atoms with E-state index in [9.17, 15) is 19.1 Å². The average Bonchev–Trinajstić information content (AvgIpc) is 3.29. The first-order valence-electron chi connectivity index (χ1n) is 12.1. The third kappa shape index (κ3) is 6.85. The first-order chi connectivity index (χ1) is 17.6. The molecular formula is C27H31FN4O5. The number of ether oxygens (including phenoxy) is 2. The molecule has 9 nitrogen and oxygen atoms in total. The Morgan fingerprint density at radius 2 is 2.00 bits per heavy atom. The maximum absolute atomic E-state index is 13.1. The monoisotopic (exact) mass is 510 g/mol. The summed E-state index contributed by atoms with van der Waals surface area (Å²) in [5, 5.41) is 16.6. The molecule has 1 aromatic heterocycles. The number of likely N-dealkylation sites (N-methyl/N-ethyl adjacent to an activating group) is 1. The van der Waals surface area contributed by atoms with E-state index in [0.29, 0.717) is 43.1 Å². The van der Waals surface area contributed by atoms with Crippen LogP contribution >= 0.6 is 0 Å². The van der Waals surface area contributed by atoms with Crippen molar-refractivity contribution in [1.29, 1.82) is 0 Å². The van der Waals surface area contributed by atoms with Crippen molar-refractivity contribution in [2.45, 2.75) is 44.8 Å². The summed E-state index contributed by atoms with van der Waals surface area (Å²) in [4.78, 5) is 27.4. The Labute approximate surface area is 214 Å². The number of hydrogen-bond acceptors (Lipinski definition) is 6. The Kier molecular flexibility index (Phi) is 7.77. The minimum Gasteiger partial charge on any atom is -0.494 e. The summed E-state index contributed by atoms with van der Waals surface area (Å²) in [5.41, 5.74) is 1.43. The van der Waals surface area contributed by atoms with E-state index in [1.807, 2.05) is 0 Å². The molecule has 4 rings (SSSR count). The van der Waals surface area contributed by atoms with Crippen LogP contribution in [0, 0.1) is 5.82 Å². The fourth-order valence-corrected chi connectivity index (χ4v) is 3.98.